The van der Waals surface area contributed by atoms with Gasteiger partial charge in [0.1, 0.15) is 0 Å². The molecule has 0 aromatic carbocycles. The molecule has 1 aromatic heterocycles. The van der Waals surface area contributed by atoms with E-state index in [0.29, 0.717) is 11.9 Å². The summed E-state index contributed by atoms with van der Waals surface area (Å²) in [4.78, 5) is 4.23. The largest absolute Gasteiger partial charge is 0.481 e. The van der Waals surface area contributed by atoms with E-state index in [2.05, 4.69) is 30.2 Å². The Morgan fingerprint density at radius 2 is 2.22 bits per heavy atom. The third-order valence-corrected chi connectivity index (χ3v) is 4.33. The van der Waals surface area contributed by atoms with Crippen LogP contribution in [0.1, 0.15) is 38.7 Å². The molecule has 0 aliphatic heterocycles. The van der Waals surface area contributed by atoms with Gasteiger partial charge < -0.3 is 10.1 Å². The predicted molar refractivity (Wildman–Crippen MR) is 73.6 cm³/mol. The SMILES string of the molecule is CCC1CCC(NCc2ccc(OC)nc2)C1C. The molecule has 0 saturated heterocycles. The number of nitrogens with one attached hydrogen (secondary N) is 1. The molecular weight excluding hydrogens is 224 g/mol. The van der Waals surface area contributed by atoms with Crippen LogP contribution in [0.15, 0.2) is 18.3 Å². The average molecular weight is 248 g/mol. The second kappa shape index (κ2) is 6.19. The van der Waals surface area contributed by atoms with E-state index in [1.807, 2.05) is 12.3 Å². The van der Waals surface area contributed by atoms with Crippen molar-refractivity contribution in [2.24, 2.45) is 11.8 Å². The van der Waals surface area contributed by atoms with Crippen molar-refractivity contribution in [2.75, 3.05) is 7.11 Å². The van der Waals surface area contributed by atoms with Crippen LogP contribution in [0.5, 0.6) is 5.88 Å². The van der Waals surface area contributed by atoms with E-state index in [-0.39, 0.29) is 0 Å². The van der Waals surface area contributed by atoms with Gasteiger partial charge in [-0.3, -0.25) is 0 Å². The van der Waals surface area contributed by atoms with Gasteiger partial charge in [-0.15, -0.1) is 0 Å². The molecule has 0 bridgehead atoms. The van der Waals surface area contributed by atoms with Crippen molar-refractivity contribution in [3.63, 3.8) is 0 Å². The van der Waals surface area contributed by atoms with Crippen LogP contribution in [-0.4, -0.2) is 18.1 Å². The highest BCUT2D eigenvalue weighted by atomic mass is 16.5. The lowest BCUT2D eigenvalue weighted by Crippen LogP contribution is -2.32. The minimum atomic E-state index is 0.664. The van der Waals surface area contributed by atoms with Crippen molar-refractivity contribution in [1.29, 1.82) is 0 Å². The summed E-state index contributed by atoms with van der Waals surface area (Å²) in [6.07, 6.45) is 5.88. The summed E-state index contributed by atoms with van der Waals surface area (Å²) in [6.45, 7) is 5.59. The van der Waals surface area contributed by atoms with Gasteiger partial charge in [0.05, 0.1) is 7.11 Å². The lowest BCUT2D eigenvalue weighted by Gasteiger charge is -2.21. The number of pyridine rings is 1. The molecule has 1 aliphatic rings. The number of methoxy groups -OCH3 is 1. The Balaban J connectivity index is 1.84. The summed E-state index contributed by atoms with van der Waals surface area (Å²) < 4.78 is 5.06. The number of aromatic nitrogens is 1. The van der Waals surface area contributed by atoms with Crippen molar-refractivity contribution >= 4 is 0 Å². The van der Waals surface area contributed by atoms with Gasteiger partial charge in [-0.25, -0.2) is 4.98 Å². The minimum absolute atomic E-state index is 0.664. The molecule has 1 aliphatic carbocycles. The normalized spacial score (nSPS) is 27.4. The first kappa shape index (κ1) is 13.3. The Kier molecular flexibility index (Phi) is 4.59. The Morgan fingerprint density at radius 1 is 1.39 bits per heavy atom. The van der Waals surface area contributed by atoms with Crippen LogP contribution in [0.2, 0.25) is 0 Å². The number of nitrogens with zero attached hydrogens (tertiary/aromatic N) is 1. The molecule has 3 atom stereocenters. The van der Waals surface area contributed by atoms with Crippen LogP contribution in [-0.2, 0) is 6.54 Å². The fourth-order valence-corrected chi connectivity index (χ4v) is 3.00. The smallest absolute Gasteiger partial charge is 0.212 e. The van der Waals surface area contributed by atoms with Crippen molar-refractivity contribution in [3.8, 4) is 5.88 Å². The molecule has 3 heteroatoms. The zero-order valence-corrected chi connectivity index (χ0v) is 11.6. The zero-order chi connectivity index (χ0) is 13.0. The highest BCUT2D eigenvalue weighted by molar-refractivity contribution is 5.17. The fraction of sp³-hybridized carbons (Fsp3) is 0.667. The summed E-state index contributed by atoms with van der Waals surface area (Å²) in [7, 11) is 1.64. The van der Waals surface area contributed by atoms with Crippen LogP contribution >= 0.6 is 0 Å². The molecule has 0 radical (unpaired) electrons. The Labute approximate surface area is 110 Å². The quantitative estimate of drug-likeness (QED) is 0.869. The first-order chi connectivity index (χ1) is 8.74. The van der Waals surface area contributed by atoms with E-state index in [9.17, 15) is 0 Å². The van der Waals surface area contributed by atoms with Crippen LogP contribution in [0.25, 0.3) is 0 Å². The number of rotatable bonds is 5. The molecular formula is C15H24N2O. The maximum atomic E-state index is 5.06. The zero-order valence-electron chi connectivity index (χ0n) is 11.6. The van der Waals surface area contributed by atoms with Crippen molar-refractivity contribution < 1.29 is 4.74 Å². The third-order valence-electron chi connectivity index (χ3n) is 4.33. The molecule has 0 spiro atoms. The Morgan fingerprint density at radius 3 is 2.78 bits per heavy atom. The first-order valence-electron chi connectivity index (χ1n) is 6.97. The van der Waals surface area contributed by atoms with E-state index in [1.165, 1.54) is 24.8 Å². The van der Waals surface area contributed by atoms with Crippen LogP contribution in [0.3, 0.4) is 0 Å². The molecule has 3 nitrogen and oxygen atoms in total. The molecule has 0 amide bonds. The summed E-state index contributed by atoms with van der Waals surface area (Å²) in [5.74, 6) is 2.37. The van der Waals surface area contributed by atoms with Gasteiger partial charge in [0, 0.05) is 24.8 Å². The maximum Gasteiger partial charge on any atom is 0.212 e. The lowest BCUT2D eigenvalue weighted by atomic mass is 9.93. The molecule has 18 heavy (non-hydrogen) atoms. The topological polar surface area (TPSA) is 34.1 Å². The van der Waals surface area contributed by atoms with Crippen LogP contribution < -0.4 is 10.1 Å². The standard InChI is InChI=1S/C15H24N2O/c1-4-13-6-7-14(11(13)2)16-9-12-5-8-15(18-3)17-10-12/h5,8,10-11,13-14,16H,4,6-7,9H2,1-3H3. The van der Waals surface area contributed by atoms with Crippen molar-refractivity contribution in [1.82, 2.24) is 10.3 Å². The van der Waals surface area contributed by atoms with Gasteiger partial charge in [-0.05, 0) is 30.2 Å². The highest BCUT2D eigenvalue weighted by Gasteiger charge is 2.30. The summed E-state index contributed by atoms with van der Waals surface area (Å²) in [5.41, 5.74) is 1.22. The van der Waals surface area contributed by atoms with E-state index >= 15 is 0 Å². The van der Waals surface area contributed by atoms with Crippen molar-refractivity contribution in [2.45, 2.75) is 45.7 Å². The van der Waals surface area contributed by atoms with E-state index in [0.717, 1.165) is 18.4 Å². The van der Waals surface area contributed by atoms with Crippen LogP contribution in [0, 0.1) is 11.8 Å². The number of ether oxygens (including phenoxy) is 1. The molecule has 1 fully saturated rings. The third kappa shape index (κ3) is 3.02. The van der Waals surface area contributed by atoms with Gasteiger partial charge in [0.15, 0.2) is 0 Å². The lowest BCUT2D eigenvalue weighted by molar-refractivity contribution is 0.344. The second-order valence-corrected chi connectivity index (χ2v) is 5.30. The summed E-state index contributed by atoms with van der Waals surface area (Å²) >= 11 is 0. The molecule has 1 N–H and O–H groups in total. The van der Waals surface area contributed by atoms with Crippen LogP contribution in [0.4, 0.5) is 0 Å². The summed E-state index contributed by atoms with van der Waals surface area (Å²) in [5, 5.41) is 3.67. The number of hydrogen-bond donors (Lipinski definition) is 1. The van der Waals surface area contributed by atoms with Gasteiger partial charge in [-0.1, -0.05) is 26.3 Å². The number of hydrogen-bond acceptors (Lipinski definition) is 3. The molecule has 2 rings (SSSR count). The van der Waals surface area contributed by atoms with Gasteiger partial charge >= 0.3 is 0 Å². The Bertz CT molecular complexity index is 363. The molecule has 1 aromatic rings. The molecule has 3 unspecified atom stereocenters. The summed E-state index contributed by atoms with van der Waals surface area (Å²) in [6, 6.07) is 4.66. The average Bonchev–Trinajstić information content (AvgIpc) is 2.77. The second-order valence-electron chi connectivity index (χ2n) is 5.30. The first-order valence-corrected chi connectivity index (χ1v) is 6.97. The Hall–Kier alpha value is -1.09. The maximum absolute atomic E-state index is 5.06. The van der Waals surface area contributed by atoms with Crippen molar-refractivity contribution in [3.05, 3.63) is 23.9 Å². The molecule has 100 valence electrons. The fourth-order valence-electron chi connectivity index (χ4n) is 3.00. The van der Waals surface area contributed by atoms with E-state index < -0.39 is 0 Å². The minimum Gasteiger partial charge on any atom is -0.481 e. The molecule has 1 saturated carbocycles. The van der Waals surface area contributed by atoms with E-state index in [1.54, 1.807) is 7.11 Å². The van der Waals surface area contributed by atoms with Gasteiger partial charge in [-0.2, -0.15) is 0 Å². The predicted octanol–water partition coefficient (Wildman–Crippen LogP) is 3.00. The van der Waals surface area contributed by atoms with Gasteiger partial charge in [0.2, 0.25) is 5.88 Å². The van der Waals surface area contributed by atoms with E-state index in [4.69, 9.17) is 4.74 Å². The van der Waals surface area contributed by atoms with Gasteiger partial charge in [0.25, 0.3) is 0 Å². The molecule has 1 heterocycles. The monoisotopic (exact) mass is 248 g/mol. The highest BCUT2D eigenvalue weighted by Crippen LogP contribution is 2.33.